The highest BCUT2D eigenvalue weighted by Gasteiger charge is 2.13. The number of ether oxygens (including phenoxy) is 1. The van der Waals surface area contributed by atoms with E-state index in [0.29, 0.717) is 6.10 Å². The first-order chi connectivity index (χ1) is 4.45. The zero-order valence-corrected chi connectivity index (χ0v) is 7.69. The molecule has 0 heterocycles. The van der Waals surface area contributed by atoms with Crippen molar-refractivity contribution in [2.45, 2.75) is 39.4 Å². The van der Waals surface area contributed by atoms with Gasteiger partial charge in [-0.1, -0.05) is 0 Å². The largest absolute Gasteiger partial charge is 0.372 e. The molecule has 1 N–H and O–H groups in total. The number of nitrogens with one attached hydrogen (secondary N) is 1. The van der Waals surface area contributed by atoms with Gasteiger partial charge in [0.25, 0.3) is 0 Å². The highest BCUT2D eigenvalue weighted by molar-refractivity contribution is 4.63. The zero-order chi connectivity index (χ0) is 8.20. The minimum Gasteiger partial charge on any atom is -0.372 e. The molecule has 2 nitrogen and oxygen atoms in total. The van der Waals surface area contributed by atoms with Gasteiger partial charge in [0.1, 0.15) is 0 Å². The summed E-state index contributed by atoms with van der Waals surface area (Å²) in [4.78, 5) is 0. The Balaban J connectivity index is 3.47. The van der Waals surface area contributed by atoms with Crippen LogP contribution in [-0.2, 0) is 4.74 Å². The first-order valence-electron chi connectivity index (χ1n) is 3.78. The second-order valence-corrected chi connectivity index (χ2v) is 3.60. The summed E-state index contributed by atoms with van der Waals surface area (Å²) in [6.07, 6.45) is 0.296. The van der Waals surface area contributed by atoms with Crippen LogP contribution in [0.2, 0.25) is 0 Å². The average Bonchev–Trinajstić information content (AvgIpc) is 1.59. The van der Waals surface area contributed by atoms with Gasteiger partial charge in [0.15, 0.2) is 0 Å². The Morgan fingerprint density at radius 2 is 1.90 bits per heavy atom. The molecule has 0 spiro atoms. The van der Waals surface area contributed by atoms with Crippen LogP contribution in [0, 0.1) is 0 Å². The average molecular weight is 145 g/mol. The Morgan fingerprint density at radius 1 is 1.40 bits per heavy atom. The second-order valence-electron chi connectivity index (χ2n) is 3.60. The molecule has 0 amide bonds. The Morgan fingerprint density at radius 3 is 2.20 bits per heavy atom. The van der Waals surface area contributed by atoms with Gasteiger partial charge in [0.2, 0.25) is 0 Å². The van der Waals surface area contributed by atoms with Crippen molar-refractivity contribution in [1.82, 2.24) is 5.32 Å². The van der Waals surface area contributed by atoms with Crippen molar-refractivity contribution < 1.29 is 4.74 Å². The molecule has 0 unspecified atom stereocenters. The van der Waals surface area contributed by atoms with E-state index in [1.54, 1.807) is 0 Å². The fourth-order valence-electron chi connectivity index (χ4n) is 0.933. The van der Waals surface area contributed by atoms with Crippen molar-refractivity contribution in [3.05, 3.63) is 0 Å². The molecule has 62 valence electrons. The van der Waals surface area contributed by atoms with E-state index < -0.39 is 0 Å². The summed E-state index contributed by atoms with van der Waals surface area (Å²) in [5.74, 6) is 0. The van der Waals surface area contributed by atoms with E-state index in [1.165, 1.54) is 0 Å². The van der Waals surface area contributed by atoms with Crippen molar-refractivity contribution >= 4 is 0 Å². The minimum absolute atomic E-state index is 0.0176. The van der Waals surface area contributed by atoms with E-state index in [2.05, 4.69) is 33.0 Å². The smallest absolute Gasteiger partial charge is 0.0678 e. The molecular formula is C8H19NO. The van der Waals surface area contributed by atoms with Gasteiger partial charge in [0, 0.05) is 6.54 Å². The third kappa shape index (κ3) is 6.05. The van der Waals surface area contributed by atoms with Crippen molar-refractivity contribution in [2.24, 2.45) is 0 Å². The van der Waals surface area contributed by atoms with E-state index in [-0.39, 0.29) is 5.60 Å². The van der Waals surface area contributed by atoms with Crippen LogP contribution in [0.5, 0.6) is 0 Å². The summed E-state index contributed by atoms with van der Waals surface area (Å²) >= 11 is 0. The van der Waals surface area contributed by atoms with Crippen LogP contribution in [0.3, 0.4) is 0 Å². The molecule has 0 fully saturated rings. The molecule has 0 saturated heterocycles. The van der Waals surface area contributed by atoms with Gasteiger partial charge in [-0.2, -0.15) is 0 Å². The monoisotopic (exact) mass is 145 g/mol. The Kier molecular flexibility index (Phi) is 3.91. The van der Waals surface area contributed by atoms with Gasteiger partial charge in [-0.15, -0.1) is 0 Å². The summed E-state index contributed by atoms with van der Waals surface area (Å²) in [5, 5.41) is 3.07. The molecule has 2 heteroatoms. The van der Waals surface area contributed by atoms with Crippen LogP contribution in [0.25, 0.3) is 0 Å². The lowest BCUT2D eigenvalue weighted by Gasteiger charge is -2.24. The third-order valence-corrected chi connectivity index (χ3v) is 1.05. The van der Waals surface area contributed by atoms with Crippen LogP contribution in [-0.4, -0.2) is 25.3 Å². The molecule has 0 aliphatic heterocycles. The molecule has 0 rings (SSSR count). The van der Waals surface area contributed by atoms with Gasteiger partial charge in [-0.05, 0) is 34.7 Å². The molecular weight excluding hydrogens is 126 g/mol. The molecule has 0 aromatic heterocycles. The van der Waals surface area contributed by atoms with Gasteiger partial charge in [-0.25, -0.2) is 0 Å². The molecule has 0 aliphatic rings. The Labute approximate surface area is 64.0 Å². The van der Waals surface area contributed by atoms with Crippen LogP contribution in [0.4, 0.5) is 0 Å². The lowest BCUT2D eigenvalue weighted by Crippen LogP contribution is -2.31. The predicted molar refractivity (Wildman–Crippen MR) is 44.2 cm³/mol. The number of likely N-dealkylation sites (N-methyl/N-ethyl adjacent to an activating group) is 1. The normalized spacial score (nSPS) is 15.3. The van der Waals surface area contributed by atoms with E-state index in [9.17, 15) is 0 Å². The van der Waals surface area contributed by atoms with Gasteiger partial charge >= 0.3 is 0 Å². The van der Waals surface area contributed by atoms with Crippen LogP contribution < -0.4 is 5.32 Å². The molecule has 1 atom stereocenters. The maximum atomic E-state index is 5.62. The summed E-state index contributed by atoms with van der Waals surface area (Å²) in [7, 11) is 1.93. The maximum Gasteiger partial charge on any atom is 0.0678 e. The zero-order valence-electron chi connectivity index (χ0n) is 7.69. The predicted octanol–water partition coefficient (Wildman–Crippen LogP) is 1.41. The molecule has 0 bridgehead atoms. The van der Waals surface area contributed by atoms with Gasteiger partial charge in [0.05, 0.1) is 11.7 Å². The van der Waals surface area contributed by atoms with Crippen LogP contribution in [0.1, 0.15) is 27.7 Å². The number of hydrogen-bond acceptors (Lipinski definition) is 2. The molecule has 0 aromatic rings. The summed E-state index contributed by atoms with van der Waals surface area (Å²) < 4.78 is 5.62. The molecule has 0 aromatic carbocycles. The quantitative estimate of drug-likeness (QED) is 0.648. The number of hydrogen-bond donors (Lipinski definition) is 1. The lowest BCUT2D eigenvalue weighted by molar-refractivity contribution is -0.0491. The standard InChI is InChI=1S/C8H19NO/c1-7(6-9-5)10-8(2,3)4/h7,9H,6H2,1-5H3/t7-/m0/s1. The molecule has 0 aliphatic carbocycles. The van der Waals surface area contributed by atoms with E-state index in [0.717, 1.165) is 6.54 Å². The van der Waals surface area contributed by atoms with Gasteiger partial charge < -0.3 is 10.1 Å². The SMILES string of the molecule is CNC[C@H](C)OC(C)(C)C. The summed E-state index contributed by atoms with van der Waals surface area (Å²) in [5.41, 5.74) is -0.0176. The van der Waals surface area contributed by atoms with Crippen molar-refractivity contribution in [3.8, 4) is 0 Å². The summed E-state index contributed by atoms with van der Waals surface area (Å²) in [6.45, 7) is 9.19. The Hall–Kier alpha value is -0.0800. The van der Waals surface area contributed by atoms with E-state index >= 15 is 0 Å². The van der Waals surface area contributed by atoms with Crippen molar-refractivity contribution in [3.63, 3.8) is 0 Å². The molecule has 10 heavy (non-hydrogen) atoms. The van der Waals surface area contributed by atoms with E-state index in [1.807, 2.05) is 7.05 Å². The van der Waals surface area contributed by atoms with Crippen molar-refractivity contribution in [1.29, 1.82) is 0 Å². The fourth-order valence-corrected chi connectivity index (χ4v) is 0.933. The summed E-state index contributed by atoms with van der Waals surface area (Å²) in [6, 6.07) is 0. The lowest BCUT2D eigenvalue weighted by atomic mass is 10.2. The van der Waals surface area contributed by atoms with Crippen LogP contribution in [0.15, 0.2) is 0 Å². The number of rotatable bonds is 3. The first kappa shape index (κ1) is 9.92. The topological polar surface area (TPSA) is 21.3 Å². The second kappa shape index (κ2) is 3.94. The Bertz CT molecular complexity index is 85.7. The maximum absolute atomic E-state index is 5.62. The van der Waals surface area contributed by atoms with E-state index in [4.69, 9.17) is 4.74 Å². The molecule has 0 radical (unpaired) electrons. The third-order valence-electron chi connectivity index (χ3n) is 1.05. The van der Waals surface area contributed by atoms with Crippen molar-refractivity contribution in [2.75, 3.05) is 13.6 Å². The highest BCUT2D eigenvalue weighted by atomic mass is 16.5. The first-order valence-corrected chi connectivity index (χ1v) is 3.78. The fraction of sp³-hybridized carbons (Fsp3) is 1.00. The van der Waals surface area contributed by atoms with Crippen LogP contribution >= 0.6 is 0 Å². The highest BCUT2D eigenvalue weighted by Crippen LogP contribution is 2.09. The van der Waals surface area contributed by atoms with Gasteiger partial charge in [-0.3, -0.25) is 0 Å². The molecule has 0 saturated carbocycles. The minimum atomic E-state index is -0.0176.